The summed E-state index contributed by atoms with van der Waals surface area (Å²) in [5.41, 5.74) is 1.72. The van der Waals surface area contributed by atoms with Gasteiger partial charge in [-0.05, 0) is 19.1 Å². The van der Waals surface area contributed by atoms with Gasteiger partial charge in [-0.25, -0.2) is 14.8 Å². The third-order valence-electron chi connectivity index (χ3n) is 1.90. The molecule has 76 valence electrons. The molecule has 0 amide bonds. The Bertz CT molecular complexity index is 490. The zero-order chi connectivity index (χ0) is 10.8. The molecule has 0 spiro atoms. The molecule has 0 fully saturated rings. The molecule has 0 bridgehead atoms. The molecule has 2 aromatic rings. The minimum Gasteiger partial charge on any atom is -0.477 e. The smallest absolute Gasteiger partial charge is 0.354 e. The van der Waals surface area contributed by atoms with Crippen LogP contribution >= 0.6 is 11.3 Å². The summed E-state index contributed by atoms with van der Waals surface area (Å²) in [6.07, 6.45) is 1.53. The summed E-state index contributed by atoms with van der Waals surface area (Å²) in [6, 6.07) is 3.19. The van der Waals surface area contributed by atoms with E-state index in [4.69, 9.17) is 5.11 Å². The topological polar surface area (TPSA) is 63.1 Å². The molecule has 2 rings (SSSR count). The number of hydrogen-bond donors (Lipinski definition) is 1. The standard InChI is InChI=1S/C10H8N2O2S/c1-6-12-9(5-15-6)7-2-3-8(10(13)14)11-4-7/h2-5H,1H3,(H,13,14). The van der Waals surface area contributed by atoms with Gasteiger partial charge in [-0.3, -0.25) is 0 Å². The molecular formula is C10H8N2O2S. The monoisotopic (exact) mass is 220 g/mol. The second-order valence-corrected chi connectivity index (χ2v) is 4.05. The number of aryl methyl sites for hydroxylation is 1. The highest BCUT2D eigenvalue weighted by molar-refractivity contribution is 7.09. The van der Waals surface area contributed by atoms with Gasteiger partial charge in [0.2, 0.25) is 0 Å². The predicted molar refractivity (Wildman–Crippen MR) is 57.0 cm³/mol. The van der Waals surface area contributed by atoms with E-state index < -0.39 is 5.97 Å². The van der Waals surface area contributed by atoms with Crippen molar-refractivity contribution in [2.75, 3.05) is 0 Å². The van der Waals surface area contributed by atoms with Crippen molar-refractivity contribution in [2.45, 2.75) is 6.92 Å². The summed E-state index contributed by atoms with van der Waals surface area (Å²) in [5.74, 6) is -1.02. The number of carboxylic acids is 1. The second-order valence-electron chi connectivity index (χ2n) is 2.99. The number of carboxylic acid groups (broad SMARTS) is 1. The SMILES string of the molecule is Cc1nc(-c2ccc(C(=O)O)nc2)cs1. The minimum absolute atomic E-state index is 0.0469. The largest absolute Gasteiger partial charge is 0.477 e. The van der Waals surface area contributed by atoms with Gasteiger partial charge in [-0.2, -0.15) is 0 Å². The highest BCUT2D eigenvalue weighted by Gasteiger charge is 2.06. The van der Waals surface area contributed by atoms with E-state index in [-0.39, 0.29) is 5.69 Å². The summed E-state index contributed by atoms with van der Waals surface area (Å²) < 4.78 is 0. The number of rotatable bonds is 2. The van der Waals surface area contributed by atoms with Crippen LogP contribution in [0, 0.1) is 6.92 Å². The molecule has 0 radical (unpaired) electrons. The molecule has 2 heterocycles. The summed E-state index contributed by atoms with van der Waals surface area (Å²) in [7, 11) is 0. The summed E-state index contributed by atoms with van der Waals surface area (Å²) in [5, 5.41) is 11.6. The van der Waals surface area contributed by atoms with E-state index in [2.05, 4.69) is 9.97 Å². The minimum atomic E-state index is -1.02. The van der Waals surface area contributed by atoms with Gasteiger partial charge < -0.3 is 5.11 Å². The van der Waals surface area contributed by atoms with Gasteiger partial charge in [-0.1, -0.05) is 0 Å². The van der Waals surface area contributed by atoms with Crippen molar-refractivity contribution in [3.8, 4) is 11.3 Å². The fourth-order valence-corrected chi connectivity index (χ4v) is 1.79. The van der Waals surface area contributed by atoms with Crippen molar-refractivity contribution in [1.29, 1.82) is 0 Å². The molecular weight excluding hydrogens is 212 g/mol. The Morgan fingerprint density at radius 2 is 2.27 bits per heavy atom. The molecule has 0 aromatic carbocycles. The van der Waals surface area contributed by atoms with Gasteiger partial charge in [0.15, 0.2) is 0 Å². The molecule has 1 N–H and O–H groups in total. The van der Waals surface area contributed by atoms with Crippen molar-refractivity contribution < 1.29 is 9.90 Å². The Kier molecular flexibility index (Phi) is 2.47. The molecule has 0 aliphatic carbocycles. The van der Waals surface area contributed by atoms with E-state index in [1.54, 1.807) is 17.4 Å². The molecule has 0 atom stereocenters. The summed E-state index contributed by atoms with van der Waals surface area (Å²) >= 11 is 1.55. The molecule has 0 unspecified atom stereocenters. The average Bonchev–Trinajstić information content (AvgIpc) is 2.65. The second kappa shape index (κ2) is 3.78. The maximum atomic E-state index is 10.6. The molecule has 0 saturated carbocycles. The predicted octanol–water partition coefficient (Wildman–Crippen LogP) is 2.21. The van der Waals surface area contributed by atoms with Crippen molar-refractivity contribution in [3.63, 3.8) is 0 Å². The van der Waals surface area contributed by atoms with Crippen LogP contribution in [-0.2, 0) is 0 Å². The number of hydrogen-bond acceptors (Lipinski definition) is 4. The normalized spacial score (nSPS) is 10.2. The number of thiazole rings is 1. The summed E-state index contributed by atoms with van der Waals surface area (Å²) in [6.45, 7) is 1.92. The Morgan fingerprint density at radius 1 is 1.47 bits per heavy atom. The van der Waals surface area contributed by atoms with E-state index >= 15 is 0 Å². The van der Waals surface area contributed by atoms with Crippen molar-refractivity contribution in [2.24, 2.45) is 0 Å². The van der Waals surface area contributed by atoms with Gasteiger partial charge in [0, 0.05) is 17.1 Å². The zero-order valence-electron chi connectivity index (χ0n) is 7.97. The first-order valence-electron chi connectivity index (χ1n) is 4.28. The van der Waals surface area contributed by atoms with Crippen LogP contribution in [0.15, 0.2) is 23.7 Å². The van der Waals surface area contributed by atoms with Gasteiger partial charge in [0.25, 0.3) is 0 Å². The maximum absolute atomic E-state index is 10.6. The first-order chi connectivity index (χ1) is 7.16. The first-order valence-corrected chi connectivity index (χ1v) is 5.16. The lowest BCUT2D eigenvalue weighted by atomic mass is 10.2. The van der Waals surface area contributed by atoms with Crippen LogP contribution < -0.4 is 0 Å². The van der Waals surface area contributed by atoms with Gasteiger partial charge in [0.1, 0.15) is 5.69 Å². The molecule has 5 heteroatoms. The number of aromatic nitrogens is 2. The Hall–Kier alpha value is -1.75. The molecule has 0 aliphatic rings. The van der Waals surface area contributed by atoms with Crippen LogP contribution in [0.25, 0.3) is 11.3 Å². The van der Waals surface area contributed by atoms with Crippen LogP contribution in [0.3, 0.4) is 0 Å². The van der Waals surface area contributed by atoms with Crippen LogP contribution in [-0.4, -0.2) is 21.0 Å². The van der Waals surface area contributed by atoms with E-state index in [1.807, 2.05) is 12.3 Å². The molecule has 4 nitrogen and oxygen atoms in total. The van der Waals surface area contributed by atoms with E-state index in [1.165, 1.54) is 12.3 Å². The maximum Gasteiger partial charge on any atom is 0.354 e. The zero-order valence-corrected chi connectivity index (χ0v) is 8.78. The fourth-order valence-electron chi connectivity index (χ4n) is 1.17. The van der Waals surface area contributed by atoms with Gasteiger partial charge >= 0.3 is 5.97 Å². The van der Waals surface area contributed by atoms with Crippen LogP contribution in [0.5, 0.6) is 0 Å². The van der Waals surface area contributed by atoms with E-state index in [0.717, 1.165) is 16.3 Å². The van der Waals surface area contributed by atoms with Crippen LogP contribution in [0.1, 0.15) is 15.5 Å². The lowest BCUT2D eigenvalue weighted by Crippen LogP contribution is -1.99. The first kappa shape index (κ1) is 9.79. The number of carbonyl (C=O) groups is 1. The lowest BCUT2D eigenvalue weighted by molar-refractivity contribution is 0.0690. The van der Waals surface area contributed by atoms with Crippen LogP contribution in [0.2, 0.25) is 0 Å². The molecule has 2 aromatic heterocycles. The van der Waals surface area contributed by atoms with Crippen LogP contribution in [0.4, 0.5) is 0 Å². The Balaban J connectivity index is 2.35. The number of aromatic carboxylic acids is 1. The highest BCUT2D eigenvalue weighted by Crippen LogP contribution is 2.20. The number of nitrogens with zero attached hydrogens (tertiary/aromatic N) is 2. The Morgan fingerprint density at radius 3 is 2.73 bits per heavy atom. The van der Waals surface area contributed by atoms with Crippen molar-refractivity contribution in [3.05, 3.63) is 34.4 Å². The number of pyridine rings is 1. The van der Waals surface area contributed by atoms with Gasteiger partial charge in [-0.15, -0.1) is 11.3 Å². The highest BCUT2D eigenvalue weighted by atomic mass is 32.1. The molecule has 15 heavy (non-hydrogen) atoms. The van der Waals surface area contributed by atoms with Crippen molar-refractivity contribution >= 4 is 17.3 Å². The van der Waals surface area contributed by atoms with Crippen molar-refractivity contribution in [1.82, 2.24) is 9.97 Å². The third kappa shape index (κ3) is 2.02. The molecule has 0 saturated heterocycles. The van der Waals surface area contributed by atoms with E-state index in [0.29, 0.717) is 0 Å². The van der Waals surface area contributed by atoms with Gasteiger partial charge in [0.05, 0.1) is 10.7 Å². The lowest BCUT2D eigenvalue weighted by Gasteiger charge is -1.96. The third-order valence-corrected chi connectivity index (χ3v) is 2.67. The Labute approximate surface area is 90.3 Å². The quantitative estimate of drug-likeness (QED) is 0.842. The summed E-state index contributed by atoms with van der Waals surface area (Å²) in [4.78, 5) is 18.7. The van der Waals surface area contributed by atoms with E-state index in [9.17, 15) is 4.79 Å². The average molecular weight is 220 g/mol. The fraction of sp³-hybridized carbons (Fsp3) is 0.100. The molecule has 0 aliphatic heterocycles.